The third-order valence-corrected chi connectivity index (χ3v) is 4.43. The number of carboxylic acids is 2. The van der Waals surface area contributed by atoms with Crippen molar-refractivity contribution in [3.05, 3.63) is 0 Å². The Balaban J connectivity index is 2.28. The van der Waals surface area contributed by atoms with Gasteiger partial charge in [0.05, 0.1) is 5.92 Å². The second-order valence-corrected chi connectivity index (χ2v) is 7.38. The van der Waals surface area contributed by atoms with Crippen LogP contribution in [-0.4, -0.2) is 51.3 Å². The van der Waals surface area contributed by atoms with Gasteiger partial charge in [0.2, 0.25) is 5.91 Å². The van der Waals surface area contributed by atoms with Gasteiger partial charge in [-0.25, -0.2) is 9.59 Å². The second-order valence-electron chi connectivity index (χ2n) is 7.38. The molecule has 0 aliphatic heterocycles. The van der Waals surface area contributed by atoms with Crippen molar-refractivity contribution in [2.45, 2.75) is 51.3 Å². The molecule has 5 atom stereocenters. The fraction of sp³-hybridized carbons (Fsp3) is 0.733. The van der Waals surface area contributed by atoms with E-state index in [1.807, 2.05) is 0 Å². The highest BCUT2D eigenvalue weighted by molar-refractivity contribution is 5.90. The van der Waals surface area contributed by atoms with E-state index in [2.05, 4.69) is 10.6 Å². The molecule has 0 aromatic heterocycles. The summed E-state index contributed by atoms with van der Waals surface area (Å²) in [7, 11) is 0. The Morgan fingerprint density at radius 2 is 1.75 bits per heavy atom. The van der Waals surface area contributed by atoms with Crippen LogP contribution in [0.4, 0.5) is 4.79 Å². The molecule has 0 radical (unpaired) electrons. The first-order chi connectivity index (χ1) is 10.9. The van der Waals surface area contributed by atoms with Crippen LogP contribution in [0.5, 0.6) is 0 Å². The summed E-state index contributed by atoms with van der Waals surface area (Å²) >= 11 is 0. The zero-order valence-electron chi connectivity index (χ0n) is 14.0. The van der Waals surface area contributed by atoms with Gasteiger partial charge in [0.25, 0.3) is 0 Å². The standard InChI is InChI=1S/C15H22N2O7/c1-6(18)16-7-5-15(12(21)22,10-8(7)9(10)11(19)20)17-13(23)24-14(2,3)4/h7-10H,5H2,1-4H3,(H,16,18)(H,17,23)(H,19,20)(H,21,22). The molecule has 9 nitrogen and oxygen atoms in total. The van der Waals surface area contributed by atoms with Crippen molar-refractivity contribution >= 4 is 23.9 Å². The fourth-order valence-corrected chi connectivity index (χ4v) is 3.72. The second kappa shape index (κ2) is 5.64. The van der Waals surface area contributed by atoms with Crippen molar-refractivity contribution in [1.29, 1.82) is 0 Å². The van der Waals surface area contributed by atoms with Gasteiger partial charge in [-0.2, -0.15) is 0 Å². The number of alkyl carbamates (subject to hydrolysis) is 1. The van der Waals surface area contributed by atoms with E-state index in [9.17, 15) is 29.4 Å². The van der Waals surface area contributed by atoms with Crippen LogP contribution in [0.1, 0.15) is 34.1 Å². The smallest absolute Gasteiger partial charge is 0.408 e. The number of carboxylic acid groups (broad SMARTS) is 2. The van der Waals surface area contributed by atoms with Crippen molar-refractivity contribution in [3.8, 4) is 0 Å². The third-order valence-electron chi connectivity index (χ3n) is 4.43. The van der Waals surface area contributed by atoms with E-state index in [0.29, 0.717) is 0 Å². The molecular formula is C15H22N2O7. The predicted octanol–water partition coefficient (Wildman–Crippen LogP) is 0.190. The van der Waals surface area contributed by atoms with Gasteiger partial charge in [0.1, 0.15) is 11.1 Å². The van der Waals surface area contributed by atoms with Gasteiger partial charge in [0.15, 0.2) is 0 Å². The highest BCUT2D eigenvalue weighted by Gasteiger charge is 2.76. The molecule has 0 aromatic carbocycles. The highest BCUT2D eigenvalue weighted by Crippen LogP contribution is 2.62. The van der Waals surface area contributed by atoms with Gasteiger partial charge in [-0.1, -0.05) is 0 Å². The molecule has 2 amide bonds. The summed E-state index contributed by atoms with van der Waals surface area (Å²) in [5.41, 5.74) is -2.60. The first-order valence-electron chi connectivity index (χ1n) is 7.63. The first-order valence-corrected chi connectivity index (χ1v) is 7.63. The molecule has 24 heavy (non-hydrogen) atoms. The molecule has 4 N–H and O–H groups in total. The Labute approximate surface area is 138 Å². The van der Waals surface area contributed by atoms with Gasteiger partial charge in [-0.3, -0.25) is 9.59 Å². The van der Waals surface area contributed by atoms with Crippen LogP contribution in [0.3, 0.4) is 0 Å². The molecule has 0 aromatic rings. The number of carbonyl (C=O) groups excluding carboxylic acids is 2. The number of amides is 2. The summed E-state index contributed by atoms with van der Waals surface area (Å²) < 4.78 is 5.11. The van der Waals surface area contributed by atoms with Crippen molar-refractivity contribution in [3.63, 3.8) is 0 Å². The highest BCUT2D eigenvalue weighted by atomic mass is 16.6. The monoisotopic (exact) mass is 342 g/mol. The molecule has 0 saturated heterocycles. The van der Waals surface area contributed by atoms with Gasteiger partial charge >= 0.3 is 18.0 Å². The van der Waals surface area contributed by atoms with Crippen molar-refractivity contribution in [2.75, 3.05) is 0 Å². The molecule has 0 bridgehead atoms. The maximum absolute atomic E-state index is 12.1. The largest absolute Gasteiger partial charge is 0.481 e. The van der Waals surface area contributed by atoms with Crippen molar-refractivity contribution < 1.29 is 34.1 Å². The topological polar surface area (TPSA) is 142 Å². The molecule has 134 valence electrons. The minimum Gasteiger partial charge on any atom is -0.481 e. The van der Waals surface area contributed by atoms with Crippen molar-refractivity contribution in [2.24, 2.45) is 17.8 Å². The van der Waals surface area contributed by atoms with E-state index < -0.39 is 53.0 Å². The van der Waals surface area contributed by atoms with Crippen LogP contribution in [0.2, 0.25) is 0 Å². The van der Waals surface area contributed by atoms with Crippen LogP contribution in [0.25, 0.3) is 0 Å². The molecule has 2 aliphatic carbocycles. The van der Waals surface area contributed by atoms with E-state index in [1.54, 1.807) is 20.8 Å². The SMILES string of the molecule is CC(=O)NC1CC(NC(=O)OC(C)(C)C)(C(=O)O)C2C(C(=O)O)C12. The predicted molar refractivity (Wildman–Crippen MR) is 80.1 cm³/mol. The molecular weight excluding hydrogens is 320 g/mol. The number of carbonyl (C=O) groups is 4. The summed E-state index contributed by atoms with van der Waals surface area (Å²) in [4.78, 5) is 46.6. The molecule has 0 heterocycles. The Morgan fingerprint density at radius 3 is 2.17 bits per heavy atom. The lowest BCUT2D eigenvalue weighted by Gasteiger charge is -2.31. The van der Waals surface area contributed by atoms with Gasteiger partial charge < -0.3 is 25.6 Å². The lowest BCUT2D eigenvalue weighted by Crippen LogP contribution is -2.58. The average Bonchev–Trinajstić information content (AvgIpc) is 3.02. The molecule has 2 rings (SSSR count). The normalized spacial score (nSPS) is 34.0. The third kappa shape index (κ3) is 3.15. The number of fused-ring (bicyclic) bond motifs is 1. The van der Waals surface area contributed by atoms with Crippen LogP contribution in [0.15, 0.2) is 0 Å². The molecule has 5 unspecified atom stereocenters. The van der Waals surface area contributed by atoms with Crippen LogP contribution < -0.4 is 10.6 Å². The molecule has 0 spiro atoms. The number of rotatable bonds is 4. The lowest BCUT2D eigenvalue weighted by atomic mass is 9.89. The zero-order valence-corrected chi connectivity index (χ0v) is 14.0. The summed E-state index contributed by atoms with van der Waals surface area (Å²) in [6.45, 7) is 6.17. The quantitative estimate of drug-likeness (QED) is 0.571. The zero-order chi connectivity index (χ0) is 18.4. The summed E-state index contributed by atoms with van der Waals surface area (Å²) in [6.07, 6.45) is -1.01. The Hall–Kier alpha value is -2.32. The fourth-order valence-electron chi connectivity index (χ4n) is 3.72. The average molecular weight is 342 g/mol. The van der Waals surface area contributed by atoms with Crippen LogP contribution in [-0.2, 0) is 19.1 Å². The van der Waals surface area contributed by atoms with Gasteiger partial charge in [0, 0.05) is 25.3 Å². The summed E-state index contributed by atoms with van der Waals surface area (Å²) in [5.74, 6) is -5.11. The van der Waals surface area contributed by atoms with E-state index in [0.717, 1.165) is 0 Å². The number of nitrogens with one attached hydrogen (secondary N) is 2. The lowest BCUT2D eigenvalue weighted by molar-refractivity contribution is -0.147. The minimum atomic E-state index is -1.77. The minimum absolute atomic E-state index is 0.0831. The van der Waals surface area contributed by atoms with E-state index >= 15 is 0 Å². The van der Waals surface area contributed by atoms with E-state index in [4.69, 9.17) is 4.74 Å². The number of hydrogen-bond donors (Lipinski definition) is 4. The van der Waals surface area contributed by atoms with Crippen molar-refractivity contribution in [1.82, 2.24) is 10.6 Å². The molecule has 2 saturated carbocycles. The Kier molecular flexibility index (Phi) is 4.24. The molecule has 2 fully saturated rings. The Morgan fingerprint density at radius 1 is 1.17 bits per heavy atom. The molecule has 2 aliphatic rings. The van der Waals surface area contributed by atoms with Crippen LogP contribution in [0, 0.1) is 17.8 Å². The molecule has 9 heteroatoms. The van der Waals surface area contributed by atoms with Gasteiger partial charge in [-0.05, 0) is 26.7 Å². The number of aliphatic carboxylic acids is 2. The maximum Gasteiger partial charge on any atom is 0.408 e. The summed E-state index contributed by atoms with van der Waals surface area (Å²) in [6, 6.07) is -0.625. The first kappa shape index (κ1) is 18.0. The van der Waals surface area contributed by atoms with Crippen LogP contribution >= 0.6 is 0 Å². The maximum atomic E-state index is 12.1. The summed E-state index contributed by atoms with van der Waals surface area (Å²) in [5, 5.41) is 23.9. The number of ether oxygens (including phenoxy) is 1. The van der Waals surface area contributed by atoms with E-state index in [1.165, 1.54) is 6.92 Å². The Bertz CT molecular complexity index is 597. The van der Waals surface area contributed by atoms with Gasteiger partial charge in [-0.15, -0.1) is 0 Å². The number of hydrogen-bond acceptors (Lipinski definition) is 5. The van der Waals surface area contributed by atoms with E-state index in [-0.39, 0.29) is 12.3 Å².